The number of rotatable bonds is 5. The molecule has 7 heteroatoms. The average molecular weight is 403 g/mol. The van der Waals surface area contributed by atoms with Gasteiger partial charge in [-0.05, 0) is 65.7 Å². The summed E-state index contributed by atoms with van der Waals surface area (Å²) in [5.41, 5.74) is 1.21. The van der Waals surface area contributed by atoms with Crippen LogP contribution in [0.4, 0.5) is 4.79 Å². The molecule has 0 aliphatic carbocycles. The minimum atomic E-state index is -0.850. The van der Waals surface area contributed by atoms with Gasteiger partial charge in [0.25, 0.3) is 0 Å². The number of esters is 1. The second-order valence-electron chi connectivity index (χ2n) is 8.11. The summed E-state index contributed by atoms with van der Waals surface area (Å²) in [6, 6.07) is 2.57. The Balaban J connectivity index is 2.28. The van der Waals surface area contributed by atoms with Gasteiger partial charge >= 0.3 is 17.7 Å². The number of nitrogens with one attached hydrogen (secondary N) is 1. The monoisotopic (exact) mass is 403 g/mol. The number of benzene rings is 1. The van der Waals surface area contributed by atoms with Crippen LogP contribution in [-0.4, -0.2) is 23.7 Å². The lowest BCUT2D eigenvalue weighted by atomic mass is 10.0. The van der Waals surface area contributed by atoms with Crippen LogP contribution >= 0.6 is 0 Å². The number of carbonyl (C=O) groups is 2. The fourth-order valence-electron chi connectivity index (χ4n) is 2.90. The molecule has 7 nitrogen and oxygen atoms in total. The van der Waals surface area contributed by atoms with Gasteiger partial charge in [-0.2, -0.15) is 0 Å². The number of aryl methyl sites for hydroxylation is 2. The Labute approximate surface area is 170 Å². The number of hydrogen-bond acceptors (Lipinski definition) is 6. The van der Waals surface area contributed by atoms with Gasteiger partial charge < -0.3 is 19.2 Å². The summed E-state index contributed by atoms with van der Waals surface area (Å²) in [4.78, 5) is 36.8. The second-order valence-corrected chi connectivity index (χ2v) is 8.11. The number of hydrogen-bond donors (Lipinski definition) is 1. The fourth-order valence-corrected chi connectivity index (χ4v) is 2.90. The summed E-state index contributed by atoms with van der Waals surface area (Å²) < 4.78 is 16.2. The molecule has 29 heavy (non-hydrogen) atoms. The zero-order valence-electron chi connectivity index (χ0n) is 18.1. The highest BCUT2D eigenvalue weighted by Crippen LogP contribution is 2.29. The van der Waals surface area contributed by atoms with Gasteiger partial charge in [0.2, 0.25) is 0 Å². The maximum Gasteiger partial charge on any atom is 0.408 e. The molecule has 0 spiro atoms. The first-order chi connectivity index (χ1) is 13.4. The minimum absolute atomic E-state index is 0.279. The van der Waals surface area contributed by atoms with Crippen molar-refractivity contribution < 1.29 is 23.5 Å². The van der Waals surface area contributed by atoms with Crippen LogP contribution in [0.5, 0.6) is 5.75 Å². The molecule has 1 heterocycles. The summed E-state index contributed by atoms with van der Waals surface area (Å²) in [5, 5.41) is 3.36. The summed E-state index contributed by atoms with van der Waals surface area (Å²) in [6.07, 6.45) is 0.387. The first-order valence-corrected chi connectivity index (χ1v) is 9.69. The van der Waals surface area contributed by atoms with Gasteiger partial charge in [0.05, 0.1) is 0 Å². The summed E-state index contributed by atoms with van der Waals surface area (Å²) in [6.45, 7) is 12.4. The first-order valence-electron chi connectivity index (χ1n) is 9.69. The first kappa shape index (κ1) is 22.5. The predicted molar refractivity (Wildman–Crippen MR) is 110 cm³/mol. The van der Waals surface area contributed by atoms with Crippen LogP contribution in [-0.2, 0) is 9.53 Å². The van der Waals surface area contributed by atoms with E-state index in [-0.39, 0.29) is 5.75 Å². The minimum Gasteiger partial charge on any atom is -0.444 e. The lowest BCUT2D eigenvalue weighted by Gasteiger charge is -2.23. The Kier molecular flexibility index (Phi) is 6.72. The zero-order valence-corrected chi connectivity index (χ0v) is 18.1. The number of carbonyl (C=O) groups excluding carboxylic acids is 2. The van der Waals surface area contributed by atoms with Crippen LogP contribution < -0.4 is 15.7 Å². The van der Waals surface area contributed by atoms with Crippen LogP contribution in [0.1, 0.15) is 57.2 Å². The van der Waals surface area contributed by atoms with Gasteiger partial charge in [0.15, 0.2) is 0 Å². The van der Waals surface area contributed by atoms with Gasteiger partial charge in [-0.1, -0.05) is 13.3 Å². The van der Waals surface area contributed by atoms with Gasteiger partial charge in [-0.15, -0.1) is 0 Å². The molecule has 158 valence electrons. The smallest absolute Gasteiger partial charge is 0.408 e. The summed E-state index contributed by atoms with van der Waals surface area (Å²) in [7, 11) is 0. The van der Waals surface area contributed by atoms with Crippen molar-refractivity contribution in [2.45, 2.75) is 73.0 Å². The van der Waals surface area contributed by atoms with E-state index in [9.17, 15) is 14.4 Å². The van der Waals surface area contributed by atoms with Crippen molar-refractivity contribution in [1.82, 2.24) is 5.32 Å². The van der Waals surface area contributed by atoms with E-state index in [0.717, 1.165) is 10.9 Å². The molecule has 0 aliphatic heterocycles. The molecule has 1 atom stereocenters. The van der Waals surface area contributed by atoms with Crippen molar-refractivity contribution in [2.75, 3.05) is 0 Å². The number of fused-ring (bicyclic) bond motifs is 1. The Morgan fingerprint density at radius 1 is 1.10 bits per heavy atom. The zero-order chi connectivity index (χ0) is 21.9. The van der Waals surface area contributed by atoms with Crippen molar-refractivity contribution in [3.8, 4) is 5.75 Å². The van der Waals surface area contributed by atoms with E-state index in [1.165, 1.54) is 0 Å². The van der Waals surface area contributed by atoms with Crippen LogP contribution in [0.15, 0.2) is 21.3 Å². The van der Waals surface area contributed by atoms with Crippen molar-refractivity contribution in [3.05, 3.63) is 39.2 Å². The van der Waals surface area contributed by atoms with Gasteiger partial charge in [-0.3, -0.25) is 0 Å². The number of ether oxygens (including phenoxy) is 2. The Hall–Kier alpha value is -2.83. The molecule has 0 bridgehead atoms. The van der Waals surface area contributed by atoms with E-state index in [0.29, 0.717) is 29.6 Å². The molecule has 1 aromatic carbocycles. The van der Waals surface area contributed by atoms with Crippen LogP contribution in [0.3, 0.4) is 0 Å². The van der Waals surface area contributed by atoms with Gasteiger partial charge in [0.1, 0.15) is 23.0 Å². The average Bonchev–Trinajstić information content (AvgIpc) is 2.60. The largest absolute Gasteiger partial charge is 0.444 e. The van der Waals surface area contributed by atoms with E-state index in [1.807, 2.05) is 13.8 Å². The lowest BCUT2D eigenvalue weighted by molar-refractivity contribution is -0.137. The SMILES string of the molecule is CCCC(NC(=O)OC(C)(C)C)C(=O)Oc1ccc2c(C)c(C)c(=O)oc2c1C. The standard InChI is InChI=1S/C22H29NO6/c1-8-9-16(23-21(26)29-22(5,6)7)20(25)27-17-11-10-15-12(2)13(3)19(24)28-18(15)14(17)4/h10-11,16H,8-9H2,1-7H3,(H,23,26). The Bertz CT molecular complexity index is 983. The lowest BCUT2D eigenvalue weighted by Crippen LogP contribution is -2.45. The highest BCUT2D eigenvalue weighted by Gasteiger charge is 2.26. The molecular weight excluding hydrogens is 374 g/mol. The van der Waals surface area contributed by atoms with Crippen molar-refractivity contribution >= 4 is 23.0 Å². The molecule has 2 aromatic rings. The third-order valence-corrected chi connectivity index (χ3v) is 4.59. The molecule has 1 aromatic heterocycles. The normalized spacial score (nSPS) is 12.5. The Morgan fingerprint density at radius 2 is 1.76 bits per heavy atom. The van der Waals surface area contributed by atoms with Crippen molar-refractivity contribution in [3.63, 3.8) is 0 Å². The number of alkyl carbamates (subject to hydrolysis) is 1. The summed E-state index contributed by atoms with van der Waals surface area (Å²) in [5.74, 6) is -0.327. The second kappa shape index (κ2) is 8.68. The van der Waals surface area contributed by atoms with Crippen LogP contribution in [0.25, 0.3) is 11.0 Å². The van der Waals surface area contributed by atoms with Crippen LogP contribution in [0, 0.1) is 20.8 Å². The third-order valence-electron chi connectivity index (χ3n) is 4.59. The molecule has 0 saturated carbocycles. The van der Waals surface area contributed by atoms with Crippen molar-refractivity contribution in [1.29, 1.82) is 0 Å². The Morgan fingerprint density at radius 3 is 2.34 bits per heavy atom. The van der Waals surface area contributed by atoms with E-state index >= 15 is 0 Å². The molecule has 0 radical (unpaired) electrons. The molecule has 0 aliphatic rings. The van der Waals surface area contributed by atoms with E-state index in [1.54, 1.807) is 46.8 Å². The fraction of sp³-hybridized carbons (Fsp3) is 0.500. The highest BCUT2D eigenvalue weighted by molar-refractivity contribution is 5.88. The van der Waals surface area contributed by atoms with E-state index in [4.69, 9.17) is 13.9 Å². The van der Waals surface area contributed by atoms with Gasteiger partial charge in [0, 0.05) is 16.5 Å². The quantitative estimate of drug-likeness (QED) is 0.454. The molecular formula is C22H29NO6. The third kappa shape index (κ3) is 5.37. The highest BCUT2D eigenvalue weighted by atomic mass is 16.6. The van der Waals surface area contributed by atoms with Crippen molar-refractivity contribution in [2.24, 2.45) is 0 Å². The maximum atomic E-state index is 12.7. The molecule has 1 unspecified atom stereocenters. The predicted octanol–water partition coefficient (Wildman–Crippen LogP) is 4.32. The molecule has 1 N–H and O–H groups in total. The molecule has 0 fully saturated rings. The van der Waals surface area contributed by atoms with Crippen LogP contribution in [0.2, 0.25) is 0 Å². The number of amides is 1. The maximum absolute atomic E-state index is 12.7. The summed E-state index contributed by atoms with van der Waals surface area (Å²) >= 11 is 0. The van der Waals surface area contributed by atoms with E-state index < -0.39 is 29.3 Å². The topological polar surface area (TPSA) is 94.8 Å². The molecule has 2 rings (SSSR count). The van der Waals surface area contributed by atoms with Gasteiger partial charge in [-0.25, -0.2) is 14.4 Å². The van der Waals surface area contributed by atoms with E-state index in [2.05, 4.69) is 5.32 Å². The molecule has 0 saturated heterocycles. The molecule has 1 amide bonds.